The lowest BCUT2D eigenvalue weighted by molar-refractivity contribution is -0.137. The summed E-state index contributed by atoms with van der Waals surface area (Å²) in [4.78, 5) is 13.8. The van der Waals surface area contributed by atoms with Gasteiger partial charge in [0.05, 0.1) is 29.9 Å². The van der Waals surface area contributed by atoms with Crippen LogP contribution in [0.5, 0.6) is 5.75 Å². The summed E-state index contributed by atoms with van der Waals surface area (Å²) in [5.41, 5.74) is 0.534. The third-order valence-corrected chi connectivity index (χ3v) is 4.01. The van der Waals surface area contributed by atoms with Crippen LogP contribution in [0.4, 0.5) is 18.9 Å². The zero-order valence-electron chi connectivity index (χ0n) is 11.9. The Hall–Kier alpha value is -2.21. The van der Waals surface area contributed by atoms with Crippen molar-refractivity contribution in [3.05, 3.63) is 58.1 Å². The van der Waals surface area contributed by atoms with Gasteiger partial charge in [-0.25, -0.2) is 0 Å². The van der Waals surface area contributed by atoms with Crippen molar-refractivity contribution < 1.29 is 22.7 Å². The topological polar surface area (TPSA) is 29.5 Å². The first-order valence-corrected chi connectivity index (χ1v) is 7.05. The van der Waals surface area contributed by atoms with Gasteiger partial charge >= 0.3 is 6.18 Å². The third-order valence-electron chi connectivity index (χ3n) is 3.71. The van der Waals surface area contributed by atoms with Gasteiger partial charge in [0.15, 0.2) is 0 Å². The van der Waals surface area contributed by atoms with Crippen LogP contribution in [0.3, 0.4) is 0 Å². The predicted molar refractivity (Wildman–Crippen MR) is 80.0 cm³/mol. The van der Waals surface area contributed by atoms with Gasteiger partial charge in [0, 0.05) is 11.1 Å². The SMILES string of the molecule is COc1cccc2c1CN(c1ccc(C(F)(F)F)cc1Cl)C2=O. The molecule has 1 amide bonds. The molecule has 0 aromatic heterocycles. The van der Waals surface area contributed by atoms with Crippen LogP contribution < -0.4 is 9.64 Å². The molecular weight excluding hydrogens is 331 g/mol. The highest BCUT2D eigenvalue weighted by Gasteiger charge is 2.34. The molecule has 1 aliphatic rings. The maximum Gasteiger partial charge on any atom is 0.416 e. The number of hydrogen-bond donors (Lipinski definition) is 0. The number of hydrogen-bond acceptors (Lipinski definition) is 2. The van der Waals surface area contributed by atoms with Crippen molar-refractivity contribution in [1.29, 1.82) is 0 Å². The third kappa shape index (κ3) is 2.63. The maximum atomic E-state index is 12.7. The Morgan fingerprint density at radius 3 is 2.57 bits per heavy atom. The largest absolute Gasteiger partial charge is 0.496 e. The van der Waals surface area contributed by atoms with Gasteiger partial charge in [-0.3, -0.25) is 4.79 Å². The van der Waals surface area contributed by atoms with Crippen LogP contribution in [0.25, 0.3) is 0 Å². The number of carbonyl (C=O) groups is 1. The summed E-state index contributed by atoms with van der Waals surface area (Å²) < 4.78 is 43.4. The summed E-state index contributed by atoms with van der Waals surface area (Å²) >= 11 is 5.97. The molecule has 0 unspecified atom stereocenters. The average Bonchev–Trinajstić information content (AvgIpc) is 2.83. The smallest absolute Gasteiger partial charge is 0.416 e. The molecule has 3 nitrogen and oxygen atoms in total. The van der Waals surface area contributed by atoms with Gasteiger partial charge in [0.1, 0.15) is 5.75 Å². The van der Waals surface area contributed by atoms with Gasteiger partial charge in [-0.2, -0.15) is 13.2 Å². The number of carbonyl (C=O) groups excluding carboxylic acids is 1. The Morgan fingerprint density at radius 2 is 1.96 bits per heavy atom. The molecule has 0 radical (unpaired) electrons. The van der Waals surface area contributed by atoms with Crippen LogP contribution in [0.1, 0.15) is 21.5 Å². The lowest BCUT2D eigenvalue weighted by atomic mass is 10.1. The van der Waals surface area contributed by atoms with Crippen LogP contribution in [0.2, 0.25) is 5.02 Å². The Labute approximate surface area is 135 Å². The molecule has 0 spiro atoms. The second kappa shape index (κ2) is 5.45. The fraction of sp³-hybridized carbons (Fsp3) is 0.188. The second-order valence-electron chi connectivity index (χ2n) is 5.04. The van der Waals surface area contributed by atoms with Crippen molar-refractivity contribution >= 4 is 23.2 Å². The molecule has 2 aromatic rings. The molecule has 23 heavy (non-hydrogen) atoms. The van der Waals surface area contributed by atoms with Crippen molar-refractivity contribution in [2.24, 2.45) is 0 Å². The molecule has 120 valence electrons. The first kappa shape index (κ1) is 15.7. The number of amides is 1. The fourth-order valence-electron chi connectivity index (χ4n) is 2.59. The van der Waals surface area contributed by atoms with E-state index in [1.54, 1.807) is 18.2 Å². The van der Waals surface area contributed by atoms with Crippen LogP contribution in [0, 0.1) is 0 Å². The highest BCUT2D eigenvalue weighted by atomic mass is 35.5. The summed E-state index contributed by atoms with van der Waals surface area (Å²) in [6, 6.07) is 8.01. The number of anilines is 1. The Balaban J connectivity index is 2.00. The summed E-state index contributed by atoms with van der Waals surface area (Å²) in [5, 5.41) is -0.125. The number of halogens is 4. The predicted octanol–water partition coefficient (Wildman–Crippen LogP) is 4.53. The van der Waals surface area contributed by atoms with E-state index in [1.807, 2.05) is 0 Å². The van der Waals surface area contributed by atoms with E-state index in [0.717, 1.165) is 12.1 Å². The molecule has 0 saturated carbocycles. The molecule has 0 fully saturated rings. The molecule has 2 aromatic carbocycles. The minimum absolute atomic E-state index is 0.125. The lowest BCUT2D eigenvalue weighted by Crippen LogP contribution is -2.23. The van der Waals surface area contributed by atoms with E-state index in [4.69, 9.17) is 16.3 Å². The Morgan fingerprint density at radius 1 is 1.22 bits per heavy atom. The van der Waals surface area contributed by atoms with Crippen molar-refractivity contribution in [2.75, 3.05) is 12.0 Å². The van der Waals surface area contributed by atoms with Gasteiger partial charge in [0.2, 0.25) is 0 Å². The quantitative estimate of drug-likeness (QED) is 0.803. The highest BCUT2D eigenvalue weighted by molar-refractivity contribution is 6.34. The Kier molecular flexibility index (Phi) is 3.72. The van der Waals surface area contributed by atoms with Crippen LogP contribution in [-0.2, 0) is 12.7 Å². The minimum Gasteiger partial charge on any atom is -0.496 e. The van der Waals surface area contributed by atoms with Gasteiger partial charge in [-0.1, -0.05) is 17.7 Å². The molecule has 1 heterocycles. The lowest BCUT2D eigenvalue weighted by Gasteiger charge is -2.18. The van der Waals surface area contributed by atoms with Gasteiger partial charge < -0.3 is 9.64 Å². The molecule has 7 heteroatoms. The summed E-state index contributed by atoms with van der Waals surface area (Å²) in [6.07, 6.45) is -4.48. The number of benzene rings is 2. The van der Waals surface area contributed by atoms with Crippen LogP contribution in [0.15, 0.2) is 36.4 Å². The van der Waals surface area contributed by atoms with E-state index in [2.05, 4.69) is 0 Å². The average molecular weight is 342 g/mol. The second-order valence-corrected chi connectivity index (χ2v) is 5.45. The molecule has 0 saturated heterocycles. The minimum atomic E-state index is -4.48. The first-order valence-electron chi connectivity index (χ1n) is 6.67. The number of rotatable bonds is 2. The van der Waals surface area contributed by atoms with Gasteiger partial charge in [-0.05, 0) is 30.3 Å². The van der Waals surface area contributed by atoms with Gasteiger partial charge in [0.25, 0.3) is 5.91 Å². The molecule has 1 aliphatic heterocycles. The summed E-state index contributed by atoms with van der Waals surface area (Å²) in [7, 11) is 1.49. The van der Waals surface area contributed by atoms with E-state index in [0.29, 0.717) is 16.9 Å². The Bertz CT molecular complexity index is 789. The first-order chi connectivity index (χ1) is 10.8. The highest BCUT2D eigenvalue weighted by Crippen LogP contribution is 2.39. The molecule has 3 rings (SSSR count). The molecular formula is C16H11ClF3NO2. The molecule has 0 atom stereocenters. The number of ether oxygens (including phenoxy) is 1. The number of alkyl halides is 3. The number of fused-ring (bicyclic) bond motifs is 1. The fourth-order valence-corrected chi connectivity index (χ4v) is 2.87. The number of methoxy groups -OCH3 is 1. The van der Waals surface area contributed by atoms with Crippen molar-refractivity contribution in [3.8, 4) is 5.75 Å². The zero-order chi connectivity index (χ0) is 16.8. The normalized spacial score (nSPS) is 14.1. The van der Waals surface area contributed by atoms with Crippen molar-refractivity contribution in [1.82, 2.24) is 0 Å². The van der Waals surface area contributed by atoms with Gasteiger partial charge in [-0.15, -0.1) is 0 Å². The van der Waals surface area contributed by atoms with E-state index in [1.165, 1.54) is 18.1 Å². The van der Waals surface area contributed by atoms with Crippen LogP contribution in [-0.4, -0.2) is 13.0 Å². The van der Waals surface area contributed by atoms with Crippen molar-refractivity contribution in [3.63, 3.8) is 0 Å². The van der Waals surface area contributed by atoms with E-state index >= 15 is 0 Å². The van der Waals surface area contributed by atoms with Crippen LogP contribution >= 0.6 is 11.6 Å². The van der Waals surface area contributed by atoms with E-state index in [9.17, 15) is 18.0 Å². The maximum absolute atomic E-state index is 12.7. The van der Waals surface area contributed by atoms with E-state index in [-0.39, 0.29) is 23.2 Å². The number of nitrogens with zero attached hydrogens (tertiary/aromatic N) is 1. The van der Waals surface area contributed by atoms with E-state index < -0.39 is 11.7 Å². The molecule has 0 aliphatic carbocycles. The van der Waals surface area contributed by atoms with Crippen molar-refractivity contribution in [2.45, 2.75) is 12.7 Å². The summed E-state index contributed by atoms with van der Waals surface area (Å²) in [5.74, 6) is 0.238. The molecule has 0 N–H and O–H groups in total. The summed E-state index contributed by atoms with van der Waals surface area (Å²) in [6.45, 7) is 0.198. The monoisotopic (exact) mass is 341 g/mol. The zero-order valence-corrected chi connectivity index (χ0v) is 12.7. The molecule has 0 bridgehead atoms. The standard InChI is InChI=1S/C16H11ClF3NO2/c1-23-14-4-2-3-10-11(14)8-21(15(10)22)13-6-5-9(7-12(13)17)16(18,19)20/h2-7H,8H2,1H3.